The normalized spacial score (nSPS) is 14.2. The summed E-state index contributed by atoms with van der Waals surface area (Å²) in [7, 11) is 3.16. The van der Waals surface area contributed by atoms with Crippen molar-refractivity contribution in [1.82, 2.24) is 0 Å². The topological polar surface area (TPSA) is 18.5 Å². The number of ether oxygens (including phenoxy) is 2. The molecule has 0 spiro atoms. The average Bonchev–Trinajstić information content (AvgIpc) is 2.36. The van der Waals surface area contributed by atoms with Crippen LogP contribution in [0.2, 0.25) is 5.02 Å². The molecule has 2 atom stereocenters. The van der Waals surface area contributed by atoms with Gasteiger partial charge in [0.25, 0.3) is 0 Å². The number of benzene rings is 1. The largest absolute Gasteiger partial charge is 0.495 e. The molecule has 0 amide bonds. The molecular formula is C13H18Cl2O2. The van der Waals surface area contributed by atoms with Gasteiger partial charge in [-0.05, 0) is 12.0 Å². The molecule has 0 aromatic heterocycles. The molecule has 0 N–H and O–H groups in total. The van der Waals surface area contributed by atoms with Crippen LogP contribution in [0.25, 0.3) is 0 Å². The minimum absolute atomic E-state index is 0.113. The second-order valence-corrected chi connectivity index (χ2v) is 4.84. The van der Waals surface area contributed by atoms with Crippen molar-refractivity contribution in [2.75, 3.05) is 14.2 Å². The van der Waals surface area contributed by atoms with Gasteiger partial charge in [0.1, 0.15) is 16.5 Å². The van der Waals surface area contributed by atoms with Crippen molar-refractivity contribution in [3.63, 3.8) is 0 Å². The Balaban J connectivity index is 3.20. The summed E-state index contributed by atoms with van der Waals surface area (Å²) in [5, 5.41) is 0.361. The number of hydrogen-bond donors (Lipinski definition) is 0. The Labute approximate surface area is 113 Å². The second kappa shape index (κ2) is 6.36. The van der Waals surface area contributed by atoms with Crippen LogP contribution < -0.4 is 9.47 Å². The number of hydrogen-bond acceptors (Lipinski definition) is 2. The third kappa shape index (κ3) is 2.99. The van der Waals surface area contributed by atoms with E-state index in [0.717, 1.165) is 12.0 Å². The monoisotopic (exact) mass is 276 g/mol. The molecule has 0 heterocycles. The molecule has 1 aromatic rings. The molecule has 0 aliphatic rings. The lowest BCUT2D eigenvalue weighted by molar-refractivity contribution is 0.387. The molecule has 0 aliphatic carbocycles. The zero-order chi connectivity index (χ0) is 13.0. The lowest BCUT2D eigenvalue weighted by Gasteiger charge is -2.20. The summed E-state index contributed by atoms with van der Waals surface area (Å²) in [5.41, 5.74) is 0.911. The van der Waals surface area contributed by atoms with Crippen molar-refractivity contribution in [3.05, 3.63) is 22.7 Å². The summed E-state index contributed by atoms with van der Waals surface area (Å²) in [6, 6.07) is 3.73. The molecule has 0 saturated carbocycles. The highest BCUT2D eigenvalue weighted by molar-refractivity contribution is 6.34. The van der Waals surface area contributed by atoms with E-state index in [1.54, 1.807) is 14.2 Å². The van der Waals surface area contributed by atoms with Crippen LogP contribution in [0, 0.1) is 5.92 Å². The van der Waals surface area contributed by atoms with Gasteiger partial charge < -0.3 is 9.47 Å². The molecule has 0 radical (unpaired) electrons. The van der Waals surface area contributed by atoms with Crippen LogP contribution in [0.4, 0.5) is 0 Å². The Morgan fingerprint density at radius 1 is 1.24 bits per heavy atom. The molecule has 96 valence electrons. The fourth-order valence-corrected chi connectivity index (χ4v) is 2.33. The van der Waals surface area contributed by atoms with Crippen molar-refractivity contribution in [1.29, 1.82) is 0 Å². The third-order valence-electron chi connectivity index (χ3n) is 2.96. The van der Waals surface area contributed by atoms with Crippen molar-refractivity contribution in [2.24, 2.45) is 5.92 Å². The predicted octanol–water partition coefficient (Wildman–Crippen LogP) is 4.68. The molecule has 17 heavy (non-hydrogen) atoms. The quantitative estimate of drug-likeness (QED) is 0.727. The predicted molar refractivity (Wildman–Crippen MR) is 72.6 cm³/mol. The smallest absolute Gasteiger partial charge is 0.145 e. The van der Waals surface area contributed by atoms with E-state index in [1.165, 1.54) is 0 Å². The summed E-state index contributed by atoms with van der Waals surface area (Å²) in [4.78, 5) is 0. The van der Waals surface area contributed by atoms with Gasteiger partial charge in [-0.15, -0.1) is 11.6 Å². The maximum absolute atomic E-state index is 6.43. The lowest BCUT2D eigenvalue weighted by Crippen LogP contribution is -2.05. The first-order valence-corrected chi connectivity index (χ1v) is 6.42. The van der Waals surface area contributed by atoms with E-state index < -0.39 is 0 Å². The van der Waals surface area contributed by atoms with E-state index in [9.17, 15) is 0 Å². The molecule has 4 heteroatoms. The summed E-state index contributed by atoms with van der Waals surface area (Å²) in [6.45, 7) is 4.22. The molecule has 1 aromatic carbocycles. The van der Waals surface area contributed by atoms with E-state index in [1.807, 2.05) is 12.1 Å². The summed E-state index contributed by atoms with van der Waals surface area (Å²) in [6.07, 6.45) is 1.00. The molecular weight excluding hydrogens is 259 g/mol. The first-order valence-electron chi connectivity index (χ1n) is 5.61. The maximum atomic E-state index is 6.43. The lowest BCUT2D eigenvalue weighted by atomic mass is 9.97. The van der Waals surface area contributed by atoms with Gasteiger partial charge in [-0.25, -0.2) is 0 Å². The highest BCUT2D eigenvalue weighted by atomic mass is 35.5. The molecule has 0 saturated heterocycles. The minimum atomic E-state index is -0.113. The van der Waals surface area contributed by atoms with Crippen LogP contribution in [0.5, 0.6) is 11.5 Å². The molecule has 2 nitrogen and oxygen atoms in total. The molecule has 0 fully saturated rings. The number of alkyl halides is 1. The standard InChI is InChI=1S/C13H18Cl2O2/c1-5-8(2)11(14)9-6-7-10(16-3)12(15)13(9)17-4/h6-8,11H,5H2,1-4H3. The Bertz CT molecular complexity index is 380. The van der Waals surface area contributed by atoms with Gasteiger partial charge in [0, 0.05) is 5.56 Å². The van der Waals surface area contributed by atoms with Gasteiger partial charge in [-0.3, -0.25) is 0 Å². The maximum Gasteiger partial charge on any atom is 0.145 e. The van der Waals surface area contributed by atoms with E-state index in [2.05, 4.69) is 13.8 Å². The van der Waals surface area contributed by atoms with Crippen molar-refractivity contribution in [2.45, 2.75) is 25.6 Å². The third-order valence-corrected chi connectivity index (χ3v) is 3.98. The number of halogens is 2. The van der Waals surface area contributed by atoms with Gasteiger partial charge in [0.05, 0.1) is 19.6 Å². The van der Waals surface area contributed by atoms with Crippen LogP contribution in [0.3, 0.4) is 0 Å². The van der Waals surface area contributed by atoms with Gasteiger partial charge >= 0.3 is 0 Å². The van der Waals surface area contributed by atoms with Crippen LogP contribution in [0.15, 0.2) is 12.1 Å². The minimum Gasteiger partial charge on any atom is -0.495 e. The molecule has 2 unspecified atom stereocenters. The summed E-state index contributed by atoms with van der Waals surface area (Å²) >= 11 is 12.6. The van der Waals surface area contributed by atoms with E-state index in [0.29, 0.717) is 22.4 Å². The van der Waals surface area contributed by atoms with Crippen LogP contribution >= 0.6 is 23.2 Å². The van der Waals surface area contributed by atoms with Crippen LogP contribution in [-0.4, -0.2) is 14.2 Å². The molecule has 0 bridgehead atoms. The van der Waals surface area contributed by atoms with Gasteiger partial charge in [-0.1, -0.05) is 37.9 Å². The highest BCUT2D eigenvalue weighted by Crippen LogP contribution is 2.43. The second-order valence-electron chi connectivity index (χ2n) is 3.99. The van der Waals surface area contributed by atoms with Crippen LogP contribution in [-0.2, 0) is 0 Å². The Morgan fingerprint density at radius 2 is 1.88 bits per heavy atom. The van der Waals surface area contributed by atoms with Crippen LogP contribution in [0.1, 0.15) is 31.2 Å². The van der Waals surface area contributed by atoms with Gasteiger partial charge in [0.15, 0.2) is 0 Å². The SMILES string of the molecule is CCC(C)C(Cl)c1ccc(OC)c(Cl)c1OC. The molecule has 0 aliphatic heterocycles. The summed E-state index contributed by atoms with van der Waals surface area (Å²) in [5.74, 6) is 1.56. The van der Waals surface area contributed by atoms with E-state index in [4.69, 9.17) is 32.7 Å². The number of rotatable bonds is 5. The first-order chi connectivity index (χ1) is 8.06. The van der Waals surface area contributed by atoms with Gasteiger partial charge in [0.2, 0.25) is 0 Å². The average molecular weight is 277 g/mol. The van der Waals surface area contributed by atoms with Crippen molar-refractivity contribution < 1.29 is 9.47 Å². The molecule has 1 rings (SSSR count). The Morgan fingerprint density at radius 3 is 2.35 bits per heavy atom. The Kier molecular flexibility index (Phi) is 5.41. The zero-order valence-electron chi connectivity index (χ0n) is 10.6. The van der Waals surface area contributed by atoms with E-state index >= 15 is 0 Å². The zero-order valence-corrected chi connectivity index (χ0v) is 12.1. The van der Waals surface area contributed by atoms with Crippen molar-refractivity contribution in [3.8, 4) is 11.5 Å². The fraction of sp³-hybridized carbons (Fsp3) is 0.538. The highest BCUT2D eigenvalue weighted by Gasteiger charge is 2.22. The van der Waals surface area contributed by atoms with E-state index in [-0.39, 0.29) is 5.38 Å². The van der Waals surface area contributed by atoms with Gasteiger partial charge in [-0.2, -0.15) is 0 Å². The fourth-order valence-electron chi connectivity index (χ4n) is 1.65. The first kappa shape index (κ1) is 14.5. The Hall–Kier alpha value is -0.600. The number of methoxy groups -OCH3 is 2. The summed E-state index contributed by atoms with van der Waals surface area (Å²) < 4.78 is 10.5. The van der Waals surface area contributed by atoms with Crippen molar-refractivity contribution >= 4 is 23.2 Å².